The first-order valence-corrected chi connectivity index (χ1v) is 10.9. The average molecular weight is 454 g/mol. The summed E-state index contributed by atoms with van der Waals surface area (Å²) in [5.41, 5.74) is 4.49. The Morgan fingerprint density at radius 2 is 1.70 bits per heavy atom. The SMILES string of the molecule is O=C(NC1CCOC1C(=O)NCCC(O)C(=O)O)OCC1c2ccccc2-c2ccccc21. The number of carboxylic acid groups (broad SMARTS) is 1. The summed E-state index contributed by atoms with van der Waals surface area (Å²) in [5, 5.41) is 23.2. The van der Waals surface area contributed by atoms with E-state index in [1.807, 2.05) is 36.4 Å². The Bertz CT molecular complexity index is 995. The van der Waals surface area contributed by atoms with Crippen LogP contribution in [0, 0.1) is 0 Å². The number of aliphatic carboxylic acids is 1. The summed E-state index contributed by atoms with van der Waals surface area (Å²) in [6, 6.07) is 15.5. The molecule has 0 saturated carbocycles. The molecular weight excluding hydrogens is 428 g/mol. The topological polar surface area (TPSA) is 134 Å². The fourth-order valence-electron chi connectivity index (χ4n) is 4.34. The number of carboxylic acids is 1. The van der Waals surface area contributed by atoms with Crippen molar-refractivity contribution in [1.82, 2.24) is 10.6 Å². The van der Waals surface area contributed by atoms with Crippen LogP contribution in [0.4, 0.5) is 4.79 Å². The molecule has 1 saturated heterocycles. The molecule has 1 heterocycles. The van der Waals surface area contributed by atoms with Crippen LogP contribution in [0.5, 0.6) is 0 Å². The van der Waals surface area contributed by atoms with Gasteiger partial charge in [-0.05, 0) is 28.7 Å². The van der Waals surface area contributed by atoms with Crippen LogP contribution in [0.1, 0.15) is 29.9 Å². The van der Waals surface area contributed by atoms with Crippen molar-refractivity contribution in [3.8, 4) is 11.1 Å². The molecule has 9 nitrogen and oxygen atoms in total. The van der Waals surface area contributed by atoms with E-state index in [0.29, 0.717) is 13.0 Å². The predicted molar refractivity (Wildman–Crippen MR) is 118 cm³/mol. The molecule has 2 aromatic carbocycles. The Kier molecular flexibility index (Phi) is 6.90. The number of fused-ring (bicyclic) bond motifs is 3. The number of amides is 2. The first kappa shape index (κ1) is 22.8. The van der Waals surface area contributed by atoms with E-state index in [9.17, 15) is 19.5 Å². The van der Waals surface area contributed by atoms with Gasteiger partial charge in [0.25, 0.3) is 5.91 Å². The number of nitrogens with one attached hydrogen (secondary N) is 2. The predicted octanol–water partition coefficient (Wildman–Crippen LogP) is 1.63. The van der Waals surface area contributed by atoms with Gasteiger partial charge < -0.3 is 30.3 Å². The molecule has 4 N–H and O–H groups in total. The first-order valence-electron chi connectivity index (χ1n) is 10.9. The fourth-order valence-corrected chi connectivity index (χ4v) is 4.34. The van der Waals surface area contributed by atoms with E-state index in [0.717, 1.165) is 22.3 Å². The monoisotopic (exact) mass is 454 g/mol. The minimum Gasteiger partial charge on any atom is -0.479 e. The first-order chi connectivity index (χ1) is 16.0. The third kappa shape index (κ3) is 4.99. The zero-order valence-electron chi connectivity index (χ0n) is 17.9. The molecule has 1 aliphatic heterocycles. The van der Waals surface area contributed by atoms with Gasteiger partial charge in [-0.1, -0.05) is 48.5 Å². The highest BCUT2D eigenvalue weighted by Gasteiger charge is 2.36. The second-order valence-corrected chi connectivity index (χ2v) is 8.09. The molecule has 174 valence electrons. The molecule has 3 unspecified atom stereocenters. The van der Waals surface area contributed by atoms with Gasteiger partial charge in [0.2, 0.25) is 0 Å². The number of carbonyl (C=O) groups is 3. The number of carbonyl (C=O) groups excluding carboxylic acids is 2. The van der Waals surface area contributed by atoms with Crippen LogP contribution in [-0.2, 0) is 19.1 Å². The van der Waals surface area contributed by atoms with E-state index in [2.05, 4.69) is 22.8 Å². The van der Waals surface area contributed by atoms with Gasteiger partial charge in [-0.3, -0.25) is 4.79 Å². The van der Waals surface area contributed by atoms with Gasteiger partial charge in [0.15, 0.2) is 12.2 Å². The minimum atomic E-state index is -1.55. The fraction of sp³-hybridized carbons (Fsp3) is 0.375. The van der Waals surface area contributed by atoms with Crippen molar-refractivity contribution in [3.63, 3.8) is 0 Å². The highest BCUT2D eigenvalue weighted by Crippen LogP contribution is 2.44. The number of alkyl carbamates (subject to hydrolysis) is 1. The third-order valence-corrected chi connectivity index (χ3v) is 6.00. The molecule has 3 atom stereocenters. The molecule has 2 aromatic rings. The number of aliphatic hydroxyl groups excluding tert-OH is 1. The lowest BCUT2D eigenvalue weighted by molar-refractivity contribution is -0.147. The minimum absolute atomic E-state index is 0.0240. The van der Waals surface area contributed by atoms with Crippen molar-refractivity contribution in [2.45, 2.75) is 37.0 Å². The molecule has 2 amide bonds. The summed E-state index contributed by atoms with van der Waals surface area (Å²) in [7, 11) is 0. The third-order valence-electron chi connectivity index (χ3n) is 6.00. The Morgan fingerprint density at radius 1 is 1.06 bits per heavy atom. The summed E-state index contributed by atoms with van der Waals surface area (Å²) in [5.74, 6) is -1.90. The van der Waals surface area contributed by atoms with Gasteiger partial charge in [-0.2, -0.15) is 0 Å². The Balaban J connectivity index is 1.31. The molecule has 1 fully saturated rings. The maximum Gasteiger partial charge on any atom is 0.407 e. The highest BCUT2D eigenvalue weighted by atomic mass is 16.6. The number of hydrogen-bond donors (Lipinski definition) is 4. The van der Waals surface area contributed by atoms with Crippen molar-refractivity contribution in [2.24, 2.45) is 0 Å². The van der Waals surface area contributed by atoms with Gasteiger partial charge in [-0.25, -0.2) is 9.59 Å². The smallest absolute Gasteiger partial charge is 0.407 e. The average Bonchev–Trinajstić information content (AvgIpc) is 3.40. The van der Waals surface area contributed by atoms with Crippen molar-refractivity contribution in [2.75, 3.05) is 19.8 Å². The van der Waals surface area contributed by atoms with E-state index in [1.54, 1.807) is 0 Å². The molecule has 0 spiro atoms. The van der Waals surface area contributed by atoms with Crippen LogP contribution in [-0.4, -0.2) is 66.2 Å². The molecule has 4 rings (SSSR count). The molecule has 1 aliphatic carbocycles. The zero-order chi connectivity index (χ0) is 23.4. The van der Waals surface area contributed by atoms with Crippen molar-refractivity contribution in [3.05, 3.63) is 59.7 Å². The Morgan fingerprint density at radius 3 is 2.33 bits per heavy atom. The Labute approximate surface area is 190 Å². The van der Waals surface area contributed by atoms with Crippen LogP contribution in [0.2, 0.25) is 0 Å². The number of hydrogen-bond acceptors (Lipinski definition) is 6. The van der Waals surface area contributed by atoms with Crippen molar-refractivity contribution < 1.29 is 34.1 Å². The van der Waals surface area contributed by atoms with E-state index >= 15 is 0 Å². The maximum absolute atomic E-state index is 12.5. The number of aliphatic hydroxyl groups is 1. The van der Waals surface area contributed by atoms with Crippen LogP contribution in [0.15, 0.2) is 48.5 Å². The molecular formula is C24H26N2O7. The lowest BCUT2D eigenvalue weighted by Gasteiger charge is -2.20. The van der Waals surface area contributed by atoms with E-state index in [4.69, 9.17) is 14.6 Å². The summed E-state index contributed by atoms with van der Waals surface area (Å²) < 4.78 is 11.0. The summed E-state index contributed by atoms with van der Waals surface area (Å²) in [6.45, 7) is 0.436. The number of rotatable bonds is 8. The zero-order valence-corrected chi connectivity index (χ0v) is 17.9. The number of ether oxygens (including phenoxy) is 2. The van der Waals surface area contributed by atoms with Crippen molar-refractivity contribution >= 4 is 18.0 Å². The van der Waals surface area contributed by atoms with Gasteiger partial charge in [0.1, 0.15) is 6.61 Å². The maximum atomic E-state index is 12.5. The van der Waals surface area contributed by atoms with Crippen LogP contribution < -0.4 is 10.6 Å². The molecule has 33 heavy (non-hydrogen) atoms. The van der Waals surface area contributed by atoms with E-state index in [-0.39, 0.29) is 25.5 Å². The second-order valence-electron chi connectivity index (χ2n) is 8.09. The Hall–Kier alpha value is -3.43. The van der Waals surface area contributed by atoms with Gasteiger partial charge in [0, 0.05) is 25.5 Å². The quantitative estimate of drug-likeness (QED) is 0.476. The lowest BCUT2D eigenvalue weighted by atomic mass is 9.98. The molecule has 2 aliphatic rings. The molecule has 9 heteroatoms. The van der Waals surface area contributed by atoms with Crippen LogP contribution in [0.3, 0.4) is 0 Å². The van der Waals surface area contributed by atoms with Gasteiger partial charge in [0.05, 0.1) is 6.04 Å². The summed E-state index contributed by atoms with van der Waals surface area (Å²) >= 11 is 0. The molecule has 0 aromatic heterocycles. The second kappa shape index (κ2) is 10.0. The normalized spacial score (nSPS) is 19.9. The summed E-state index contributed by atoms with van der Waals surface area (Å²) in [4.78, 5) is 35.5. The molecule has 0 radical (unpaired) electrons. The van der Waals surface area contributed by atoms with Gasteiger partial charge in [-0.15, -0.1) is 0 Å². The van der Waals surface area contributed by atoms with Crippen LogP contribution in [0.25, 0.3) is 11.1 Å². The van der Waals surface area contributed by atoms with E-state index < -0.39 is 36.2 Å². The summed E-state index contributed by atoms with van der Waals surface area (Å²) in [6.07, 6.45) is -2.78. The highest BCUT2D eigenvalue weighted by molar-refractivity contribution is 5.83. The van der Waals surface area contributed by atoms with Gasteiger partial charge >= 0.3 is 12.1 Å². The van der Waals surface area contributed by atoms with E-state index in [1.165, 1.54) is 0 Å². The molecule has 0 bridgehead atoms. The van der Waals surface area contributed by atoms with Crippen molar-refractivity contribution in [1.29, 1.82) is 0 Å². The lowest BCUT2D eigenvalue weighted by Crippen LogP contribution is -2.49. The largest absolute Gasteiger partial charge is 0.479 e. The number of benzene rings is 2. The van der Waals surface area contributed by atoms with Crippen LogP contribution >= 0.6 is 0 Å². The standard InChI is InChI=1S/C24H26N2O7/c27-20(23(29)30)9-11-25-22(28)21-19(10-12-32-21)26-24(31)33-13-18-16-7-3-1-5-14(16)15-6-2-4-8-17(15)18/h1-8,18-21,27H,9-13H2,(H,25,28)(H,26,31)(H,29,30).